The fourth-order valence-corrected chi connectivity index (χ4v) is 8.36. The summed E-state index contributed by atoms with van der Waals surface area (Å²) in [6.45, 7) is 9.28. The van der Waals surface area contributed by atoms with Crippen LogP contribution < -0.4 is 0 Å². The van der Waals surface area contributed by atoms with Gasteiger partial charge in [0, 0.05) is 19.6 Å². The number of fused-ring (bicyclic) bond motifs is 1. The van der Waals surface area contributed by atoms with E-state index in [1.807, 2.05) is 60.7 Å². The van der Waals surface area contributed by atoms with Crippen molar-refractivity contribution in [1.82, 2.24) is 20.1 Å². The summed E-state index contributed by atoms with van der Waals surface area (Å²) < 4.78 is 35.0. The van der Waals surface area contributed by atoms with Crippen molar-refractivity contribution in [3.05, 3.63) is 101 Å². The maximum atomic E-state index is 14.0. The Balaban J connectivity index is 1.34. The molecule has 1 unspecified atom stereocenters. The largest absolute Gasteiger partial charge is 0.423 e. The third kappa shape index (κ3) is 5.73. The van der Waals surface area contributed by atoms with E-state index in [0.717, 1.165) is 41.0 Å². The fraction of sp³-hybridized carbons (Fsp3) is 0.323. The van der Waals surface area contributed by atoms with Crippen LogP contribution in [0.1, 0.15) is 54.3 Å². The van der Waals surface area contributed by atoms with E-state index in [9.17, 15) is 8.42 Å². The summed E-state index contributed by atoms with van der Waals surface area (Å²) >= 11 is 1.36. The van der Waals surface area contributed by atoms with Crippen LogP contribution in [0.15, 0.2) is 83.3 Å². The van der Waals surface area contributed by atoms with E-state index in [2.05, 4.69) is 54.1 Å². The Kier molecular flexibility index (Phi) is 7.06. The first-order valence-electron chi connectivity index (χ1n) is 13.4. The minimum atomic E-state index is -3.79. The second kappa shape index (κ2) is 10.5. The minimum absolute atomic E-state index is 0.0857. The summed E-state index contributed by atoms with van der Waals surface area (Å²) in [5, 5.41) is 7.90. The average molecular weight is 573 g/mol. The van der Waals surface area contributed by atoms with Crippen molar-refractivity contribution in [3.63, 3.8) is 0 Å². The molecule has 6 rings (SSSR count). The molecule has 0 radical (unpaired) electrons. The summed E-state index contributed by atoms with van der Waals surface area (Å²) in [5.41, 5.74) is 3.80. The molecule has 3 heterocycles. The lowest BCUT2D eigenvalue weighted by Crippen LogP contribution is -2.48. The number of thiazole rings is 1. The average Bonchev–Trinajstić information content (AvgIpc) is 3.53. The lowest BCUT2D eigenvalue weighted by atomic mass is 9.91. The van der Waals surface area contributed by atoms with Crippen molar-refractivity contribution in [2.45, 2.75) is 37.7 Å². The van der Waals surface area contributed by atoms with E-state index in [-0.39, 0.29) is 23.0 Å². The van der Waals surface area contributed by atoms with Gasteiger partial charge in [0.15, 0.2) is 15.1 Å². The molecule has 1 atom stereocenters. The molecule has 1 fully saturated rings. The standard InChI is InChI=1S/C31H32N4O3S2/c1-31(2,3)20-35-17-24(18-35)28-33-34-29(38-28)27(40(36,37)19-21-10-6-4-7-11-21)30-32-25-15-14-23(16-26(25)39-30)22-12-8-5-9-13-22/h4-16,24,27H,17-20H2,1-3H3. The van der Waals surface area contributed by atoms with Crippen molar-refractivity contribution in [2.75, 3.05) is 19.6 Å². The molecular weight excluding hydrogens is 541 g/mol. The Bertz CT molecular complexity index is 1720. The molecule has 40 heavy (non-hydrogen) atoms. The summed E-state index contributed by atoms with van der Waals surface area (Å²) in [5.74, 6) is 0.532. The van der Waals surface area contributed by atoms with Crippen molar-refractivity contribution in [3.8, 4) is 11.1 Å². The summed E-state index contributed by atoms with van der Waals surface area (Å²) in [6, 6.07) is 25.3. The van der Waals surface area contributed by atoms with Crippen LogP contribution in [0.5, 0.6) is 0 Å². The van der Waals surface area contributed by atoms with Gasteiger partial charge >= 0.3 is 0 Å². The molecule has 0 amide bonds. The Morgan fingerprint density at radius 1 is 0.950 bits per heavy atom. The summed E-state index contributed by atoms with van der Waals surface area (Å²) in [4.78, 5) is 7.13. The van der Waals surface area contributed by atoms with Crippen LogP contribution in [-0.2, 0) is 15.6 Å². The van der Waals surface area contributed by atoms with Gasteiger partial charge in [-0.3, -0.25) is 0 Å². The first kappa shape index (κ1) is 26.8. The zero-order valence-corrected chi connectivity index (χ0v) is 24.5. The second-order valence-electron chi connectivity index (χ2n) is 11.7. The van der Waals surface area contributed by atoms with Gasteiger partial charge in [-0.25, -0.2) is 13.4 Å². The highest BCUT2D eigenvalue weighted by Crippen LogP contribution is 2.39. The number of hydrogen-bond acceptors (Lipinski definition) is 8. The van der Waals surface area contributed by atoms with Crippen molar-refractivity contribution < 1.29 is 12.8 Å². The van der Waals surface area contributed by atoms with E-state index in [1.165, 1.54) is 11.3 Å². The van der Waals surface area contributed by atoms with Crippen LogP contribution in [0.4, 0.5) is 0 Å². The molecule has 0 bridgehead atoms. The highest BCUT2D eigenvalue weighted by molar-refractivity contribution is 7.91. The maximum absolute atomic E-state index is 14.0. The molecule has 1 aliphatic rings. The zero-order valence-electron chi connectivity index (χ0n) is 22.8. The quantitative estimate of drug-likeness (QED) is 0.210. The van der Waals surface area contributed by atoms with Gasteiger partial charge in [-0.2, -0.15) is 0 Å². The van der Waals surface area contributed by atoms with Gasteiger partial charge in [0.25, 0.3) is 0 Å². The molecule has 206 valence electrons. The Morgan fingerprint density at radius 3 is 2.35 bits per heavy atom. The molecule has 1 saturated heterocycles. The van der Waals surface area contributed by atoms with Gasteiger partial charge < -0.3 is 9.32 Å². The number of rotatable bonds is 8. The van der Waals surface area contributed by atoms with E-state index in [4.69, 9.17) is 9.40 Å². The molecule has 0 aliphatic carbocycles. The van der Waals surface area contributed by atoms with E-state index < -0.39 is 15.1 Å². The molecule has 0 N–H and O–H groups in total. The van der Waals surface area contributed by atoms with Gasteiger partial charge in [-0.05, 0) is 34.2 Å². The summed E-state index contributed by atoms with van der Waals surface area (Å²) in [7, 11) is -3.79. The zero-order chi connectivity index (χ0) is 27.9. The highest BCUT2D eigenvalue weighted by atomic mass is 32.2. The van der Waals surface area contributed by atoms with E-state index >= 15 is 0 Å². The lowest BCUT2D eigenvalue weighted by molar-refractivity contribution is 0.0882. The van der Waals surface area contributed by atoms with Crippen LogP contribution in [0.25, 0.3) is 21.3 Å². The second-order valence-corrected chi connectivity index (χ2v) is 14.9. The van der Waals surface area contributed by atoms with E-state index in [1.54, 1.807) is 0 Å². The number of benzene rings is 3. The van der Waals surface area contributed by atoms with Crippen molar-refractivity contribution in [1.29, 1.82) is 0 Å². The SMILES string of the molecule is CC(C)(C)CN1CC(c2nnc(C(c3nc4ccc(-c5ccccc5)cc4s3)S(=O)(=O)Cc3ccccc3)o2)C1. The van der Waals surface area contributed by atoms with Gasteiger partial charge in [0.05, 0.1) is 21.9 Å². The third-order valence-electron chi connectivity index (χ3n) is 6.99. The number of aromatic nitrogens is 3. The fourth-order valence-electron chi connectivity index (χ4n) is 5.21. The normalized spacial score (nSPS) is 15.8. The van der Waals surface area contributed by atoms with Crippen LogP contribution >= 0.6 is 11.3 Å². The number of nitrogens with zero attached hydrogens (tertiary/aromatic N) is 4. The lowest BCUT2D eigenvalue weighted by Gasteiger charge is -2.40. The first-order chi connectivity index (χ1) is 19.1. The molecular formula is C31H32N4O3S2. The molecule has 9 heteroatoms. The maximum Gasteiger partial charge on any atom is 0.241 e. The number of sulfone groups is 1. The number of hydrogen-bond donors (Lipinski definition) is 0. The van der Waals surface area contributed by atoms with Crippen molar-refractivity contribution >= 4 is 31.4 Å². The molecule has 0 saturated carbocycles. The molecule has 1 aliphatic heterocycles. The van der Waals surface area contributed by atoms with Gasteiger partial charge in [0.2, 0.25) is 11.8 Å². The smallest absolute Gasteiger partial charge is 0.241 e. The predicted octanol–water partition coefficient (Wildman–Crippen LogP) is 6.50. The molecule has 5 aromatic rings. The van der Waals surface area contributed by atoms with Crippen LogP contribution in [-0.4, -0.2) is 48.1 Å². The van der Waals surface area contributed by atoms with E-state index in [0.29, 0.717) is 16.5 Å². The molecule has 7 nitrogen and oxygen atoms in total. The summed E-state index contributed by atoms with van der Waals surface area (Å²) in [6.07, 6.45) is 0. The predicted molar refractivity (Wildman–Crippen MR) is 159 cm³/mol. The van der Waals surface area contributed by atoms with Crippen molar-refractivity contribution in [2.24, 2.45) is 5.41 Å². The monoisotopic (exact) mass is 572 g/mol. The first-order valence-corrected chi connectivity index (χ1v) is 15.9. The topological polar surface area (TPSA) is 89.2 Å². The number of likely N-dealkylation sites (tertiary alicyclic amines) is 1. The Morgan fingerprint density at radius 2 is 1.65 bits per heavy atom. The van der Waals surface area contributed by atoms with Crippen LogP contribution in [0.2, 0.25) is 0 Å². The molecule has 0 spiro atoms. The van der Waals surface area contributed by atoms with Gasteiger partial charge in [0.1, 0.15) is 5.01 Å². The van der Waals surface area contributed by atoms with Gasteiger partial charge in [-0.15, -0.1) is 21.5 Å². The third-order valence-corrected chi connectivity index (χ3v) is 10.1. The molecule has 3 aromatic carbocycles. The Labute approximate surface area is 238 Å². The minimum Gasteiger partial charge on any atom is -0.423 e. The van der Waals surface area contributed by atoms with Crippen LogP contribution in [0, 0.1) is 5.41 Å². The highest BCUT2D eigenvalue weighted by Gasteiger charge is 2.39. The molecule has 2 aromatic heterocycles. The Hall–Kier alpha value is -3.40. The van der Waals surface area contributed by atoms with Crippen LogP contribution in [0.3, 0.4) is 0 Å². The van der Waals surface area contributed by atoms with Gasteiger partial charge in [-0.1, -0.05) is 87.5 Å².